The van der Waals surface area contributed by atoms with Crippen LogP contribution in [0.4, 0.5) is 5.69 Å². The predicted octanol–water partition coefficient (Wildman–Crippen LogP) is 3.79. The maximum absolute atomic E-state index is 12.5. The van der Waals surface area contributed by atoms with E-state index in [0.29, 0.717) is 13.0 Å². The summed E-state index contributed by atoms with van der Waals surface area (Å²) in [5, 5.41) is 3.12. The van der Waals surface area contributed by atoms with Crippen LogP contribution in [-0.4, -0.2) is 26.9 Å². The van der Waals surface area contributed by atoms with Gasteiger partial charge in [0.15, 0.2) is 0 Å². The number of imidazole rings is 1. The minimum Gasteiger partial charge on any atom is -0.330 e. The Morgan fingerprint density at radius 1 is 1.12 bits per heavy atom. The fraction of sp³-hybridized carbons (Fsp3) is 0.333. The Labute approximate surface area is 153 Å². The highest BCUT2D eigenvalue weighted by atomic mass is 16.1. The number of amides is 1. The molecule has 0 fully saturated rings. The first-order valence-corrected chi connectivity index (χ1v) is 9.27. The number of rotatable bonds is 6. The Morgan fingerprint density at radius 3 is 2.88 bits per heavy atom. The maximum Gasteiger partial charge on any atom is 0.226 e. The van der Waals surface area contributed by atoms with Crippen molar-refractivity contribution >= 4 is 22.6 Å². The first kappa shape index (κ1) is 16.8. The average molecular weight is 348 g/mol. The van der Waals surface area contributed by atoms with E-state index in [9.17, 15) is 4.79 Å². The summed E-state index contributed by atoms with van der Waals surface area (Å²) in [7, 11) is 0. The lowest BCUT2D eigenvalue weighted by atomic mass is 10.1. The van der Waals surface area contributed by atoms with Gasteiger partial charge in [0.2, 0.25) is 5.91 Å². The smallest absolute Gasteiger partial charge is 0.226 e. The van der Waals surface area contributed by atoms with Gasteiger partial charge in [-0.1, -0.05) is 31.2 Å². The van der Waals surface area contributed by atoms with Crippen LogP contribution in [0, 0.1) is 0 Å². The number of nitrogens with one attached hydrogen (secondary N) is 1. The fourth-order valence-electron chi connectivity index (χ4n) is 3.70. The molecule has 1 aromatic heterocycles. The van der Waals surface area contributed by atoms with Gasteiger partial charge < -0.3 is 9.88 Å². The molecule has 1 aliphatic heterocycles. The SMILES string of the molecule is CCCN1Cc2cccc(NC(=O)CCn3cnc4ccccc43)c2C1. The molecule has 5 heteroatoms. The van der Waals surface area contributed by atoms with Crippen LogP contribution in [0.15, 0.2) is 48.8 Å². The molecule has 5 nitrogen and oxygen atoms in total. The molecule has 1 amide bonds. The first-order chi connectivity index (χ1) is 12.7. The third-order valence-electron chi connectivity index (χ3n) is 4.97. The molecule has 0 unspecified atom stereocenters. The van der Waals surface area contributed by atoms with Crippen molar-refractivity contribution in [3.63, 3.8) is 0 Å². The Kier molecular flexibility index (Phi) is 4.71. The number of hydrogen-bond donors (Lipinski definition) is 1. The van der Waals surface area contributed by atoms with Crippen molar-refractivity contribution in [3.05, 3.63) is 59.9 Å². The number of carbonyl (C=O) groups is 1. The van der Waals surface area contributed by atoms with Gasteiger partial charge >= 0.3 is 0 Å². The van der Waals surface area contributed by atoms with Crippen LogP contribution in [-0.2, 0) is 24.4 Å². The summed E-state index contributed by atoms with van der Waals surface area (Å²) in [6.45, 7) is 5.82. The minimum absolute atomic E-state index is 0.0464. The highest BCUT2D eigenvalue weighted by Crippen LogP contribution is 2.29. The number of nitrogens with zero attached hydrogens (tertiary/aromatic N) is 3. The molecule has 2 aromatic carbocycles. The molecule has 134 valence electrons. The average Bonchev–Trinajstić information content (AvgIpc) is 3.24. The highest BCUT2D eigenvalue weighted by molar-refractivity contribution is 5.91. The largest absolute Gasteiger partial charge is 0.330 e. The van der Waals surface area contributed by atoms with Crippen molar-refractivity contribution in [1.82, 2.24) is 14.5 Å². The standard InChI is InChI=1S/C21H24N4O/c1-2-11-24-13-16-6-5-8-18(17(16)14-24)23-21(26)10-12-25-15-22-19-7-3-4-9-20(19)25/h3-9,15H,2,10-14H2,1H3,(H,23,26). The molecule has 0 spiro atoms. The summed E-state index contributed by atoms with van der Waals surface area (Å²) in [6, 6.07) is 14.2. The molecule has 0 bridgehead atoms. The highest BCUT2D eigenvalue weighted by Gasteiger charge is 2.21. The van der Waals surface area contributed by atoms with Gasteiger partial charge in [-0.05, 0) is 42.3 Å². The molecule has 2 heterocycles. The Bertz CT molecular complexity index is 931. The monoisotopic (exact) mass is 348 g/mol. The Hall–Kier alpha value is -2.66. The predicted molar refractivity (Wildman–Crippen MR) is 104 cm³/mol. The van der Waals surface area contributed by atoms with Crippen LogP contribution in [0.5, 0.6) is 0 Å². The molecule has 0 atom stereocenters. The van der Waals surface area contributed by atoms with Crippen molar-refractivity contribution in [1.29, 1.82) is 0 Å². The van der Waals surface area contributed by atoms with Crippen LogP contribution in [0.2, 0.25) is 0 Å². The molecular formula is C21H24N4O. The van der Waals surface area contributed by atoms with Gasteiger partial charge in [0.05, 0.1) is 17.4 Å². The number of aryl methyl sites for hydroxylation is 1. The molecule has 1 N–H and O–H groups in total. The van der Waals surface area contributed by atoms with Gasteiger partial charge in [-0.15, -0.1) is 0 Å². The van der Waals surface area contributed by atoms with E-state index in [1.165, 1.54) is 11.1 Å². The van der Waals surface area contributed by atoms with E-state index in [-0.39, 0.29) is 5.91 Å². The van der Waals surface area contributed by atoms with Crippen LogP contribution < -0.4 is 5.32 Å². The second-order valence-corrected chi connectivity index (χ2v) is 6.88. The van der Waals surface area contributed by atoms with Gasteiger partial charge in [0.25, 0.3) is 0 Å². The van der Waals surface area contributed by atoms with Crippen LogP contribution in [0.1, 0.15) is 30.9 Å². The van der Waals surface area contributed by atoms with E-state index in [4.69, 9.17) is 0 Å². The summed E-state index contributed by atoms with van der Waals surface area (Å²) in [5.41, 5.74) is 5.58. The topological polar surface area (TPSA) is 50.2 Å². The molecule has 3 aromatic rings. The number of fused-ring (bicyclic) bond motifs is 2. The lowest BCUT2D eigenvalue weighted by Gasteiger charge is -2.13. The summed E-state index contributed by atoms with van der Waals surface area (Å²) in [6.07, 6.45) is 3.39. The maximum atomic E-state index is 12.5. The number of benzene rings is 2. The Morgan fingerprint density at radius 2 is 2.00 bits per heavy atom. The third-order valence-corrected chi connectivity index (χ3v) is 4.97. The zero-order chi connectivity index (χ0) is 17.9. The second-order valence-electron chi connectivity index (χ2n) is 6.88. The summed E-state index contributed by atoms with van der Waals surface area (Å²) < 4.78 is 2.04. The van der Waals surface area contributed by atoms with E-state index in [1.54, 1.807) is 6.33 Å². The summed E-state index contributed by atoms with van der Waals surface area (Å²) >= 11 is 0. The van der Waals surface area contributed by atoms with Crippen molar-refractivity contribution < 1.29 is 4.79 Å². The number of carbonyl (C=O) groups excluding carboxylic acids is 1. The quantitative estimate of drug-likeness (QED) is 0.737. The molecule has 0 aliphatic carbocycles. The van der Waals surface area contributed by atoms with Crippen molar-refractivity contribution in [2.75, 3.05) is 11.9 Å². The van der Waals surface area contributed by atoms with Crippen molar-refractivity contribution in [2.45, 2.75) is 39.4 Å². The number of anilines is 1. The van der Waals surface area contributed by atoms with Gasteiger partial charge in [-0.25, -0.2) is 4.98 Å². The van der Waals surface area contributed by atoms with Gasteiger partial charge in [-0.3, -0.25) is 9.69 Å². The summed E-state index contributed by atoms with van der Waals surface area (Å²) in [5.74, 6) is 0.0464. The van der Waals surface area contributed by atoms with Crippen molar-refractivity contribution in [2.24, 2.45) is 0 Å². The van der Waals surface area contributed by atoms with Crippen LogP contribution in [0.25, 0.3) is 11.0 Å². The summed E-state index contributed by atoms with van der Waals surface area (Å²) in [4.78, 5) is 19.3. The molecule has 26 heavy (non-hydrogen) atoms. The van der Waals surface area contributed by atoms with E-state index >= 15 is 0 Å². The lowest BCUT2D eigenvalue weighted by Crippen LogP contribution is -2.18. The molecule has 1 aliphatic rings. The number of hydrogen-bond acceptors (Lipinski definition) is 3. The zero-order valence-corrected chi connectivity index (χ0v) is 15.1. The van der Waals surface area contributed by atoms with E-state index in [1.807, 2.05) is 41.0 Å². The van der Waals surface area contributed by atoms with E-state index < -0.39 is 0 Å². The van der Waals surface area contributed by atoms with E-state index in [0.717, 1.165) is 42.8 Å². The zero-order valence-electron chi connectivity index (χ0n) is 15.1. The fourth-order valence-corrected chi connectivity index (χ4v) is 3.70. The number of aromatic nitrogens is 2. The molecular weight excluding hydrogens is 324 g/mol. The van der Waals surface area contributed by atoms with Crippen LogP contribution in [0.3, 0.4) is 0 Å². The molecule has 0 radical (unpaired) electrons. The minimum atomic E-state index is 0.0464. The normalized spacial score (nSPS) is 13.9. The second kappa shape index (κ2) is 7.30. The molecule has 4 rings (SSSR count). The number of para-hydroxylation sites is 2. The van der Waals surface area contributed by atoms with Gasteiger partial charge in [-0.2, -0.15) is 0 Å². The lowest BCUT2D eigenvalue weighted by molar-refractivity contribution is -0.116. The van der Waals surface area contributed by atoms with E-state index in [2.05, 4.69) is 28.2 Å². The first-order valence-electron chi connectivity index (χ1n) is 9.27. The Balaban J connectivity index is 1.41. The van der Waals surface area contributed by atoms with Gasteiger partial charge in [0.1, 0.15) is 0 Å². The molecule has 0 saturated heterocycles. The molecule has 0 saturated carbocycles. The van der Waals surface area contributed by atoms with Crippen molar-refractivity contribution in [3.8, 4) is 0 Å². The third kappa shape index (κ3) is 3.35. The van der Waals surface area contributed by atoms with Gasteiger partial charge in [0, 0.05) is 31.7 Å². The van der Waals surface area contributed by atoms with Crippen LogP contribution >= 0.6 is 0 Å².